The molecule has 10 unspecified atom stereocenters. The Morgan fingerprint density at radius 1 is 0.275 bits per heavy atom. The molecule has 10 nitrogen and oxygen atoms in total. The first-order valence-electron chi connectivity index (χ1n) is 41.8. The fraction of sp³-hybridized carbons (Fsp3) is 0.164. The van der Waals surface area contributed by atoms with E-state index in [1.165, 1.54) is 0 Å². The lowest BCUT2D eigenvalue weighted by molar-refractivity contribution is -0.312. The van der Waals surface area contributed by atoms with Crippen LogP contribution in [0.15, 0.2) is 449 Å². The molecule has 0 spiro atoms. The third-order valence-electron chi connectivity index (χ3n) is 24.5. The van der Waals surface area contributed by atoms with Crippen molar-refractivity contribution in [2.75, 3.05) is 6.61 Å². The third kappa shape index (κ3) is 15.8. The van der Waals surface area contributed by atoms with Gasteiger partial charge in [-0.2, -0.15) is 0 Å². The summed E-state index contributed by atoms with van der Waals surface area (Å²) in [6.45, 7) is -0.00967. The number of aliphatic hydroxyl groups excluding tert-OH is 2. The molecule has 0 radical (unpaired) electrons. The van der Waals surface area contributed by atoms with Crippen LogP contribution in [-0.2, 0) is 59.1 Å². The second kappa shape index (κ2) is 36.1. The van der Waals surface area contributed by atoms with Gasteiger partial charge in [-0.05, 0) is 118 Å². The molecule has 16 aromatic rings. The fourth-order valence-electron chi connectivity index (χ4n) is 18.8. The first-order chi connectivity index (χ1) is 59.3. The van der Waals surface area contributed by atoms with Crippen molar-refractivity contribution in [3.63, 3.8) is 0 Å². The van der Waals surface area contributed by atoms with E-state index in [1.807, 2.05) is 84.9 Å². The van der Waals surface area contributed by atoms with Crippen molar-refractivity contribution in [2.45, 2.75) is 103 Å². The summed E-state index contributed by atoms with van der Waals surface area (Å²) >= 11 is 0. The number of rotatable bonds is 29. The van der Waals surface area contributed by atoms with Crippen molar-refractivity contribution in [1.29, 1.82) is 0 Å². The zero-order chi connectivity index (χ0) is 81.0. The van der Waals surface area contributed by atoms with E-state index in [9.17, 15) is 5.11 Å². The quantitative estimate of drug-likeness (QED) is 0.0290. The van der Waals surface area contributed by atoms with E-state index < -0.39 is 83.3 Å². The molecule has 5 N–H and O–H groups in total. The van der Waals surface area contributed by atoms with E-state index >= 15 is 5.11 Å². The SMILES string of the molecule is OC1C(OCc2ccc3ccccc3c2)C(NC(c2ccccc2)(c2ccccc2)c2ccccc2)CC(NC(c2ccccc2)(c2ccccc2)c2ccccc2)C1OC1OC(COC(c2ccccc2)(c2ccccc2)c2ccccc2)C(O)C(OCc2ccc3ccccc3c2)C1NC(c1ccccc1)(c1ccccc1)c1ccccc1. The van der Waals surface area contributed by atoms with Gasteiger partial charge in [0.05, 0.1) is 42.5 Å². The van der Waals surface area contributed by atoms with Crippen LogP contribution in [0.1, 0.15) is 84.3 Å². The highest BCUT2D eigenvalue weighted by molar-refractivity contribution is 5.84. The Morgan fingerprint density at radius 2 is 0.542 bits per heavy atom. The highest BCUT2D eigenvalue weighted by atomic mass is 16.7. The lowest BCUT2D eigenvalue weighted by Gasteiger charge is -2.54. The van der Waals surface area contributed by atoms with Crippen LogP contribution >= 0.6 is 0 Å². The van der Waals surface area contributed by atoms with Crippen molar-refractivity contribution in [2.24, 2.45) is 0 Å². The lowest BCUT2D eigenvalue weighted by Crippen LogP contribution is -2.72. The van der Waals surface area contributed by atoms with Gasteiger partial charge in [0.1, 0.15) is 42.2 Å². The van der Waals surface area contributed by atoms with Crippen LogP contribution in [0.4, 0.5) is 0 Å². The summed E-state index contributed by atoms with van der Waals surface area (Å²) in [7, 11) is 0. The molecule has 120 heavy (non-hydrogen) atoms. The predicted molar refractivity (Wildman–Crippen MR) is 479 cm³/mol. The van der Waals surface area contributed by atoms with E-state index in [0.717, 1.165) is 99.4 Å². The molecule has 18 rings (SSSR count). The summed E-state index contributed by atoms with van der Waals surface area (Å²) in [4.78, 5) is 0. The Hall–Kier alpha value is -12.4. The Balaban J connectivity index is 0.876. The van der Waals surface area contributed by atoms with Crippen molar-refractivity contribution in [3.05, 3.63) is 527 Å². The van der Waals surface area contributed by atoms with Gasteiger partial charge in [-0.25, -0.2) is 0 Å². The molecule has 1 aliphatic carbocycles. The summed E-state index contributed by atoms with van der Waals surface area (Å²) in [6, 6.07) is 153. The van der Waals surface area contributed by atoms with Crippen molar-refractivity contribution >= 4 is 21.5 Å². The smallest absolute Gasteiger partial charge is 0.176 e. The van der Waals surface area contributed by atoms with Crippen molar-refractivity contribution in [1.82, 2.24) is 16.0 Å². The topological polar surface area (TPSA) is 123 Å². The monoisotopic (exact) mass is 1570 g/mol. The molecule has 1 aliphatic heterocycles. The second-order valence-electron chi connectivity index (χ2n) is 31.6. The minimum atomic E-state index is -1.50. The molecule has 1 heterocycles. The van der Waals surface area contributed by atoms with Crippen LogP contribution in [0.3, 0.4) is 0 Å². The van der Waals surface area contributed by atoms with Gasteiger partial charge in [-0.3, -0.25) is 16.0 Å². The van der Waals surface area contributed by atoms with Gasteiger partial charge < -0.3 is 33.9 Å². The van der Waals surface area contributed by atoms with Gasteiger partial charge in [0.25, 0.3) is 0 Å². The molecule has 1 saturated carbocycles. The summed E-state index contributed by atoms with van der Waals surface area (Å²) in [5.41, 5.74) is 8.22. The first-order valence-corrected chi connectivity index (χ1v) is 41.8. The largest absolute Gasteiger partial charge is 0.388 e. The fourth-order valence-corrected chi connectivity index (χ4v) is 18.8. The Bertz CT molecular complexity index is 5530. The van der Waals surface area contributed by atoms with Crippen LogP contribution in [0, 0.1) is 0 Å². The molecule has 2 aliphatic rings. The van der Waals surface area contributed by atoms with E-state index in [0.29, 0.717) is 0 Å². The standard InChI is InChI=1S/C110H97N3O7/c114-101-99(78-118-110(94-63-31-10-32-64-94,95-65-33-11-34-66-95)96-67-35-12-36-68-96)119-106(100(105(101)117-77-80-70-72-82-42-38-40-44-84(82)74-80)113-109(91-57-25-7-26-58-91,92-59-27-8-28-60-92)93-61-29-9-30-62-93)120-104-98(112-108(88-51-19-4-20-52-88,89-53-21-5-22-54-89)90-55-23-6-24-56-90)75-97(103(102(104)115)116-76-79-69-71-81-41-37-39-43-83(81)73-79)111-107(85-45-13-1-14-46-85,86-47-15-2-16-48-86)87-49-17-3-18-50-87/h1-74,97-106,111-115H,75-78H2. The zero-order valence-corrected chi connectivity index (χ0v) is 66.8. The molecule has 594 valence electrons. The highest BCUT2D eigenvalue weighted by Gasteiger charge is 2.57. The molecule has 0 bridgehead atoms. The molecule has 0 aromatic heterocycles. The summed E-state index contributed by atoms with van der Waals surface area (Å²) in [5.74, 6) is 0. The summed E-state index contributed by atoms with van der Waals surface area (Å²) < 4.78 is 39.9. The minimum Gasteiger partial charge on any atom is -0.388 e. The van der Waals surface area contributed by atoms with Crippen LogP contribution in [0.25, 0.3) is 21.5 Å². The molecule has 16 aromatic carbocycles. The molecule has 0 amide bonds. The number of aliphatic hydroxyl groups is 2. The van der Waals surface area contributed by atoms with Crippen LogP contribution in [0.5, 0.6) is 0 Å². The minimum absolute atomic E-state index is 0.0655. The average Bonchev–Trinajstić information content (AvgIpc) is 0.748. The average molecular weight is 1570 g/mol. The third-order valence-corrected chi connectivity index (χ3v) is 24.5. The highest BCUT2D eigenvalue weighted by Crippen LogP contribution is 2.48. The zero-order valence-electron chi connectivity index (χ0n) is 66.8. The van der Waals surface area contributed by atoms with Crippen LogP contribution in [0.2, 0.25) is 0 Å². The van der Waals surface area contributed by atoms with E-state index in [2.05, 4.69) is 380 Å². The van der Waals surface area contributed by atoms with E-state index in [4.69, 9.17) is 23.7 Å². The maximum atomic E-state index is 15.2. The maximum absolute atomic E-state index is 15.2. The van der Waals surface area contributed by atoms with Crippen LogP contribution in [-0.4, -0.2) is 77.9 Å². The summed E-state index contributed by atoms with van der Waals surface area (Å²) in [6.07, 6.45) is -8.77. The van der Waals surface area contributed by atoms with Gasteiger partial charge in [0.2, 0.25) is 0 Å². The molecular weight excluding hydrogens is 1480 g/mol. The van der Waals surface area contributed by atoms with Gasteiger partial charge in [-0.1, -0.05) is 437 Å². The van der Waals surface area contributed by atoms with E-state index in [1.54, 1.807) is 0 Å². The molecule has 1 saturated heterocycles. The number of nitrogens with one attached hydrogen (secondary N) is 3. The van der Waals surface area contributed by atoms with Gasteiger partial charge in [-0.15, -0.1) is 0 Å². The molecular formula is C110H97N3O7. The number of hydrogen-bond donors (Lipinski definition) is 5. The first kappa shape index (κ1) is 78.8. The van der Waals surface area contributed by atoms with Gasteiger partial charge >= 0.3 is 0 Å². The van der Waals surface area contributed by atoms with Crippen LogP contribution < -0.4 is 16.0 Å². The number of benzene rings is 16. The number of ether oxygens (including phenoxy) is 5. The Labute approximate surface area is 703 Å². The normalized spacial score (nSPS) is 19.7. The van der Waals surface area contributed by atoms with Crippen molar-refractivity contribution in [3.8, 4) is 0 Å². The molecule has 10 atom stereocenters. The predicted octanol–water partition coefficient (Wildman–Crippen LogP) is 20.6. The lowest BCUT2D eigenvalue weighted by atomic mass is 9.72. The summed E-state index contributed by atoms with van der Waals surface area (Å²) in [5, 5.41) is 47.3. The number of hydrogen-bond acceptors (Lipinski definition) is 10. The molecule has 2 fully saturated rings. The second-order valence-corrected chi connectivity index (χ2v) is 31.6. The van der Waals surface area contributed by atoms with E-state index in [-0.39, 0.29) is 26.2 Å². The Morgan fingerprint density at radius 3 is 0.858 bits per heavy atom. The Kier molecular flexibility index (Phi) is 23.7. The van der Waals surface area contributed by atoms with Gasteiger partial charge in [0.15, 0.2) is 6.29 Å². The molecule has 10 heteroatoms. The van der Waals surface area contributed by atoms with Crippen molar-refractivity contribution < 1.29 is 33.9 Å². The van der Waals surface area contributed by atoms with Gasteiger partial charge in [0, 0.05) is 12.1 Å². The maximum Gasteiger partial charge on any atom is 0.176 e. The number of fused-ring (bicyclic) bond motifs is 2.